The molecule has 0 aliphatic heterocycles. The van der Waals surface area contributed by atoms with Gasteiger partial charge in [-0.3, -0.25) is 0 Å². The molecule has 0 N–H and O–H groups in total. The zero-order valence-corrected chi connectivity index (χ0v) is 10.3. The van der Waals surface area contributed by atoms with E-state index in [-0.39, 0.29) is 5.92 Å². The predicted octanol–water partition coefficient (Wildman–Crippen LogP) is 2.68. The van der Waals surface area contributed by atoms with Gasteiger partial charge in [0.15, 0.2) is 0 Å². The molecule has 3 nitrogen and oxygen atoms in total. The lowest BCUT2D eigenvalue weighted by Gasteiger charge is -2.11. The number of carbonyl (C=O) groups is 1. The highest BCUT2D eigenvalue weighted by molar-refractivity contribution is 7.09. The highest BCUT2D eigenvalue weighted by Gasteiger charge is 2.15. The normalized spacial score (nSPS) is 12.1. The third-order valence-electron chi connectivity index (χ3n) is 2.57. The Kier molecular flexibility index (Phi) is 3.88. The van der Waals surface area contributed by atoms with E-state index in [1.165, 1.54) is 11.3 Å². The molecule has 0 fully saturated rings. The van der Waals surface area contributed by atoms with Crippen LogP contribution in [-0.4, -0.2) is 18.4 Å². The van der Waals surface area contributed by atoms with Crippen LogP contribution in [0, 0.1) is 0 Å². The number of hydrogen-bond donors (Lipinski definition) is 0. The molecule has 0 saturated heterocycles. The van der Waals surface area contributed by atoms with Gasteiger partial charge >= 0.3 is 0 Å². The van der Waals surface area contributed by atoms with Crippen LogP contribution in [-0.2, 0) is 11.2 Å². The molecule has 4 heteroatoms. The molecule has 0 aliphatic carbocycles. The van der Waals surface area contributed by atoms with E-state index in [9.17, 15) is 4.79 Å². The number of rotatable bonds is 5. The van der Waals surface area contributed by atoms with Gasteiger partial charge in [-0.05, 0) is 18.1 Å². The molecule has 2 rings (SSSR count). The van der Waals surface area contributed by atoms with Gasteiger partial charge < -0.3 is 9.53 Å². The highest BCUT2D eigenvalue weighted by Crippen LogP contribution is 2.26. The van der Waals surface area contributed by atoms with Crippen LogP contribution in [0.4, 0.5) is 0 Å². The lowest BCUT2D eigenvalue weighted by molar-refractivity contribution is -0.109. The molecule has 1 unspecified atom stereocenters. The van der Waals surface area contributed by atoms with E-state index in [0.717, 1.165) is 22.6 Å². The smallest absolute Gasteiger partial charge is 0.130 e. The van der Waals surface area contributed by atoms with Crippen molar-refractivity contribution in [1.82, 2.24) is 4.98 Å². The first-order chi connectivity index (χ1) is 8.35. The zero-order valence-electron chi connectivity index (χ0n) is 9.50. The van der Waals surface area contributed by atoms with Gasteiger partial charge in [-0.25, -0.2) is 4.98 Å². The van der Waals surface area contributed by atoms with E-state index in [0.29, 0.717) is 6.42 Å². The molecule has 88 valence electrons. The number of aldehydes is 1. The SMILES string of the molecule is COc1ccccc1CC(C=O)c1nccs1. The van der Waals surface area contributed by atoms with Crippen LogP contribution in [0.25, 0.3) is 0 Å². The first kappa shape index (κ1) is 11.8. The molecule has 1 heterocycles. The number of methoxy groups -OCH3 is 1. The first-order valence-corrected chi connectivity index (χ1v) is 6.19. The van der Waals surface area contributed by atoms with Crippen molar-refractivity contribution in [3.63, 3.8) is 0 Å². The number of ether oxygens (including phenoxy) is 1. The molecule has 0 bridgehead atoms. The Morgan fingerprint density at radius 1 is 1.47 bits per heavy atom. The van der Waals surface area contributed by atoms with Crippen molar-refractivity contribution < 1.29 is 9.53 Å². The summed E-state index contributed by atoms with van der Waals surface area (Å²) in [5.74, 6) is 0.627. The summed E-state index contributed by atoms with van der Waals surface area (Å²) in [4.78, 5) is 15.3. The molecule has 17 heavy (non-hydrogen) atoms. The second kappa shape index (κ2) is 5.59. The molecule has 0 saturated carbocycles. The van der Waals surface area contributed by atoms with Crippen molar-refractivity contribution >= 4 is 17.6 Å². The summed E-state index contributed by atoms with van der Waals surface area (Å²) < 4.78 is 5.28. The van der Waals surface area contributed by atoms with Crippen molar-refractivity contribution in [3.8, 4) is 5.75 Å². The van der Waals surface area contributed by atoms with Crippen LogP contribution in [0.5, 0.6) is 5.75 Å². The Morgan fingerprint density at radius 2 is 2.29 bits per heavy atom. The summed E-state index contributed by atoms with van der Waals surface area (Å²) >= 11 is 1.51. The second-order valence-electron chi connectivity index (χ2n) is 3.63. The van der Waals surface area contributed by atoms with Gasteiger partial charge in [0.05, 0.1) is 13.0 Å². The molecule has 0 radical (unpaired) electrons. The Bertz CT molecular complexity index is 482. The number of aromatic nitrogens is 1. The molecule has 1 aromatic heterocycles. The van der Waals surface area contributed by atoms with E-state index in [4.69, 9.17) is 4.74 Å². The van der Waals surface area contributed by atoms with Gasteiger partial charge in [0.25, 0.3) is 0 Å². The third-order valence-corrected chi connectivity index (χ3v) is 3.47. The third kappa shape index (κ3) is 2.71. The molecule has 0 aliphatic rings. The van der Waals surface area contributed by atoms with Gasteiger partial charge in [-0.15, -0.1) is 11.3 Å². The average Bonchev–Trinajstić information content (AvgIpc) is 2.90. The van der Waals surface area contributed by atoms with Crippen LogP contribution in [0.2, 0.25) is 0 Å². The lowest BCUT2D eigenvalue weighted by Crippen LogP contribution is -2.05. The van der Waals surface area contributed by atoms with Crippen LogP contribution < -0.4 is 4.74 Å². The largest absolute Gasteiger partial charge is 0.496 e. The van der Waals surface area contributed by atoms with E-state index < -0.39 is 0 Å². The molecule has 1 aromatic carbocycles. The van der Waals surface area contributed by atoms with E-state index >= 15 is 0 Å². The van der Waals surface area contributed by atoms with Crippen molar-refractivity contribution in [2.24, 2.45) is 0 Å². The molecule has 1 atom stereocenters. The van der Waals surface area contributed by atoms with Gasteiger partial charge in [0.2, 0.25) is 0 Å². The first-order valence-electron chi connectivity index (χ1n) is 5.31. The highest BCUT2D eigenvalue weighted by atomic mass is 32.1. The van der Waals surface area contributed by atoms with E-state index in [1.807, 2.05) is 29.6 Å². The second-order valence-corrected chi connectivity index (χ2v) is 4.56. The van der Waals surface area contributed by atoms with Crippen molar-refractivity contribution in [1.29, 1.82) is 0 Å². The quantitative estimate of drug-likeness (QED) is 0.762. The Morgan fingerprint density at radius 3 is 2.94 bits per heavy atom. The Balaban J connectivity index is 2.21. The number of nitrogens with zero attached hydrogens (tertiary/aromatic N) is 1. The van der Waals surface area contributed by atoms with E-state index in [2.05, 4.69) is 4.98 Å². The fourth-order valence-electron chi connectivity index (χ4n) is 1.72. The zero-order chi connectivity index (χ0) is 12.1. The van der Waals surface area contributed by atoms with Gasteiger partial charge in [0.1, 0.15) is 17.0 Å². The molecular formula is C13H13NO2S. The van der Waals surface area contributed by atoms with Crippen LogP contribution >= 0.6 is 11.3 Å². The maximum absolute atomic E-state index is 11.1. The van der Waals surface area contributed by atoms with Gasteiger partial charge in [0, 0.05) is 11.6 Å². The maximum atomic E-state index is 11.1. The standard InChI is InChI=1S/C13H13NO2S/c1-16-12-5-3-2-4-10(12)8-11(9-15)13-14-6-7-17-13/h2-7,9,11H,8H2,1H3. The summed E-state index contributed by atoms with van der Waals surface area (Å²) in [5, 5.41) is 2.74. The van der Waals surface area contributed by atoms with E-state index in [1.54, 1.807) is 13.3 Å². The van der Waals surface area contributed by atoms with Gasteiger partial charge in [-0.2, -0.15) is 0 Å². The van der Waals surface area contributed by atoms with Crippen molar-refractivity contribution in [3.05, 3.63) is 46.4 Å². The number of carbonyl (C=O) groups excluding carboxylic acids is 1. The van der Waals surface area contributed by atoms with Crippen LogP contribution in [0.15, 0.2) is 35.8 Å². The minimum absolute atomic E-state index is 0.189. The van der Waals surface area contributed by atoms with Gasteiger partial charge in [-0.1, -0.05) is 18.2 Å². The number of benzene rings is 1. The number of hydrogen-bond acceptors (Lipinski definition) is 4. The number of para-hydroxylation sites is 1. The maximum Gasteiger partial charge on any atom is 0.130 e. The van der Waals surface area contributed by atoms with Crippen LogP contribution in [0.3, 0.4) is 0 Å². The average molecular weight is 247 g/mol. The summed E-state index contributed by atoms with van der Waals surface area (Å²) in [6, 6.07) is 7.74. The van der Waals surface area contributed by atoms with Crippen LogP contribution in [0.1, 0.15) is 16.5 Å². The van der Waals surface area contributed by atoms with Crippen molar-refractivity contribution in [2.75, 3.05) is 7.11 Å². The Labute approximate surface area is 104 Å². The molecule has 0 spiro atoms. The summed E-state index contributed by atoms with van der Waals surface area (Å²) in [6.45, 7) is 0. The topological polar surface area (TPSA) is 39.2 Å². The monoisotopic (exact) mass is 247 g/mol. The summed E-state index contributed by atoms with van der Waals surface area (Å²) in [6.07, 6.45) is 3.30. The molecule has 0 amide bonds. The fourth-order valence-corrected chi connectivity index (χ4v) is 2.42. The summed E-state index contributed by atoms with van der Waals surface area (Å²) in [7, 11) is 1.64. The lowest BCUT2D eigenvalue weighted by atomic mass is 10.0. The minimum Gasteiger partial charge on any atom is -0.496 e. The fraction of sp³-hybridized carbons (Fsp3) is 0.231. The Hall–Kier alpha value is -1.68. The number of thiazole rings is 1. The summed E-state index contributed by atoms with van der Waals surface area (Å²) in [5.41, 5.74) is 1.03. The minimum atomic E-state index is -0.189. The van der Waals surface area contributed by atoms with Crippen molar-refractivity contribution in [2.45, 2.75) is 12.3 Å². The predicted molar refractivity (Wildman–Crippen MR) is 67.6 cm³/mol. The molecular weight excluding hydrogens is 234 g/mol. The molecule has 2 aromatic rings.